The number of rotatable bonds is 15. The van der Waals surface area contributed by atoms with Crippen molar-refractivity contribution in [1.29, 1.82) is 0 Å². The molecule has 5 heterocycles. The van der Waals surface area contributed by atoms with Gasteiger partial charge in [-0.3, -0.25) is 19.5 Å². The summed E-state index contributed by atoms with van der Waals surface area (Å²) < 4.78 is 13.7. The molecule has 1 aromatic heterocycles. The number of hydrogen-bond acceptors (Lipinski definition) is 14. The molecule has 1 saturated heterocycles. The molecule has 9 N–H and O–H groups in total. The zero-order valence-corrected chi connectivity index (χ0v) is 37.5. The monoisotopic (exact) mass is 910 g/mol. The maximum Gasteiger partial charge on any atom is 0.226 e. The van der Waals surface area contributed by atoms with Crippen LogP contribution in [-0.4, -0.2) is 109 Å². The summed E-state index contributed by atoms with van der Waals surface area (Å²) in [5, 5.41) is 80.2. The Morgan fingerprint density at radius 1 is 1.03 bits per heavy atom. The molecule has 16 heteroatoms. The normalized spacial score (nSPS) is 26.6. The number of allylic oxidation sites excluding steroid dienone is 1. The van der Waals surface area contributed by atoms with Crippen molar-refractivity contribution in [3.05, 3.63) is 93.1 Å². The van der Waals surface area contributed by atoms with Gasteiger partial charge in [-0.1, -0.05) is 32.3 Å². The third kappa shape index (κ3) is 8.00. The zero-order valence-electron chi connectivity index (χ0n) is 37.5. The van der Waals surface area contributed by atoms with Gasteiger partial charge in [-0.25, -0.2) is 9.78 Å². The van der Waals surface area contributed by atoms with Gasteiger partial charge in [-0.15, -0.1) is 0 Å². The minimum Gasteiger partial charge on any atom is -0.508 e. The van der Waals surface area contributed by atoms with E-state index in [1.807, 2.05) is 19.2 Å². The fraction of sp³-hybridized carbons (Fsp3) is 0.500. The molecule has 4 aromatic rings. The summed E-state index contributed by atoms with van der Waals surface area (Å²) in [6, 6.07) is 10.3. The number of nitrogens with one attached hydrogen (secondary N) is 2. The van der Waals surface area contributed by atoms with Gasteiger partial charge in [-0.05, 0) is 92.8 Å². The highest BCUT2D eigenvalue weighted by Crippen LogP contribution is 2.50. The molecule has 2 unspecified atom stereocenters. The molecule has 1 spiro atoms. The number of fused-ring (bicyclic) bond motifs is 4. The number of nitrogens with zero attached hydrogens (tertiary/aromatic N) is 1. The van der Waals surface area contributed by atoms with Crippen molar-refractivity contribution < 1.29 is 64.4 Å². The Bertz CT molecular complexity index is 2690. The molecule has 9 atom stereocenters. The van der Waals surface area contributed by atoms with E-state index in [4.69, 9.17) is 18.9 Å². The second kappa shape index (κ2) is 17.8. The van der Waals surface area contributed by atoms with Crippen LogP contribution in [0.4, 0.5) is 5.69 Å². The molecule has 352 valence electrons. The average Bonchev–Trinajstić information content (AvgIpc) is 3.99. The van der Waals surface area contributed by atoms with Crippen LogP contribution in [-0.2, 0) is 27.4 Å². The SMILES string of the molecule is CCC1C2=CC=NC2=C[NH+]1c1c2c(cc3c(=O)cc(C)oc13)C[C@@H](OOC[C@@](O)(Cc1ccc(O)c3ccc(O)cc13)[C@@H](O)[C@H](O)[C@H](O)CO)[C@@](C)(CC[C@@H]1CNC(=O)C13CCCCC3)O2. The lowest BCUT2D eigenvalue weighted by Crippen LogP contribution is -3.05. The Morgan fingerprint density at radius 2 is 1.82 bits per heavy atom. The molecule has 2 fully saturated rings. The number of benzene rings is 3. The second-order valence-corrected chi connectivity index (χ2v) is 19.3. The topological polar surface area (TPSA) is 245 Å². The Labute approximate surface area is 381 Å². The van der Waals surface area contributed by atoms with E-state index in [1.165, 1.54) is 36.4 Å². The largest absolute Gasteiger partial charge is 0.508 e. The van der Waals surface area contributed by atoms with Crippen molar-refractivity contribution in [2.75, 3.05) is 19.8 Å². The number of amides is 1. The molecular weight excluding hydrogens is 851 g/mol. The number of aromatic hydroxyl groups is 2. The number of quaternary nitrogens is 1. The third-order valence-corrected chi connectivity index (χ3v) is 15.1. The number of phenolic OH excluding ortho intramolecular Hbond substituents is 2. The van der Waals surface area contributed by atoms with Crippen molar-refractivity contribution in [2.45, 2.75) is 127 Å². The zero-order chi connectivity index (χ0) is 46.7. The van der Waals surface area contributed by atoms with Gasteiger partial charge in [-0.2, -0.15) is 0 Å². The van der Waals surface area contributed by atoms with Crippen LogP contribution >= 0.6 is 0 Å². The van der Waals surface area contributed by atoms with Gasteiger partial charge in [0.15, 0.2) is 11.2 Å². The van der Waals surface area contributed by atoms with Crippen LogP contribution < -0.4 is 20.4 Å². The first-order chi connectivity index (χ1) is 31.6. The summed E-state index contributed by atoms with van der Waals surface area (Å²) in [6.07, 6.45) is 5.01. The quantitative estimate of drug-likeness (QED) is 0.0615. The molecule has 0 bridgehead atoms. The van der Waals surface area contributed by atoms with Crippen LogP contribution in [0.25, 0.3) is 21.7 Å². The molecule has 9 rings (SSSR count). The highest BCUT2D eigenvalue weighted by molar-refractivity contribution is 5.92. The molecule has 16 nitrogen and oxygen atoms in total. The number of ether oxygens (including phenoxy) is 1. The first-order valence-electron chi connectivity index (χ1n) is 23.1. The number of carbonyl (C=O) groups excluding carboxylic acids is 1. The van der Waals surface area contributed by atoms with Crippen molar-refractivity contribution in [2.24, 2.45) is 16.3 Å². The van der Waals surface area contributed by atoms with E-state index in [0.29, 0.717) is 69.5 Å². The van der Waals surface area contributed by atoms with Crippen molar-refractivity contribution in [3.63, 3.8) is 0 Å². The van der Waals surface area contributed by atoms with E-state index < -0.39 is 60.7 Å². The first kappa shape index (κ1) is 46.0. The molecule has 1 saturated carbocycles. The highest BCUT2D eigenvalue weighted by Gasteiger charge is 2.53. The fourth-order valence-corrected chi connectivity index (χ4v) is 11.3. The average molecular weight is 911 g/mol. The van der Waals surface area contributed by atoms with E-state index >= 15 is 0 Å². The fourth-order valence-electron chi connectivity index (χ4n) is 11.3. The molecular formula is C50H60N3O13+. The highest BCUT2D eigenvalue weighted by atomic mass is 17.2. The van der Waals surface area contributed by atoms with Crippen molar-refractivity contribution in [1.82, 2.24) is 5.32 Å². The van der Waals surface area contributed by atoms with Gasteiger partial charge in [0, 0.05) is 54.6 Å². The van der Waals surface area contributed by atoms with Crippen LogP contribution in [0.15, 0.2) is 80.2 Å². The lowest BCUT2D eigenvalue weighted by molar-refractivity contribution is -0.793. The number of aryl methyl sites for hydroxylation is 1. The van der Waals surface area contributed by atoms with E-state index in [0.717, 1.165) is 54.7 Å². The van der Waals surface area contributed by atoms with Gasteiger partial charge in [0.25, 0.3) is 0 Å². The van der Waals surface area contributed by atoms with E-state index in [-0.39, 0.29) is 41.2 Å². The lowest BCUT2D eigenvalue weighted by atomic mass is 9.65. The first-order valence-corrected chi connectivity index (χ1v) is 23.1. The summed E-state index contributed by atoms with van der Waals surface area (Å²) in [6.45, 7) is 4.58. The number of aliphatic imine (C=N–C) groups is 1. The van der Waals surface area contributed by atoms with Crippen LogP contribution in [0.3, 0.4) is 0 Å². The number of aliphatic hydroxyl groups excluding tert-OH is 4. The summed E-state index contributed by atoms with van der Waals surface area (Å²) in [7, 11) is 0. The number of hydrogen-bond donors (Lipinski definition) is 9. The Kier molecular flexibility index (Phi) is 12.4. The minimum absolute atomic E-state index is 0.0206. The number of aliphatic hydroxyl groups is 5. The van der Waals surface area contributed by atoms with Gasteiger partial charge in [0.1, 0.15) is 77.4 Å². The third-order valence-electron chi connectivity index (χ3n) is 15.1. The van der Waals surface area contributed by atoms with Crippen LogP contribution in [0, 0.1) is 18.3 Å². The van der Waals surface area contributed by atoms with Crippen LogP contribution in [0.5, 0.6) is 17.2 Å². The second-order valence-electron chi connectivity index (χ2n) is 19.3. The minimum atomic E-state index is -2.41. The van der Waals surface area contributed by atoms with Gasteiger partial charge in [0.05, 0.1) is 17.4 Å². The Hall–Kier alpha value is -5.17. The van der Waals surface area contributed by atoms with E-state index in [2.05, 4.69) is 17.2 Å². The summed E-state index contributed by atoms with van der Waals surface area (Å²) in [5.74, 6) is 0.859. The molecule has 0 radical (unpaired) electrons. The molecule has 1 aliphatic carbocycles. The molecule has 5 aliphatic rings. The molecule has 3 aromatic carbocycles. The van der Waals surface area contributed by atoms with Crippen molar-refractivity contribution in [3.8, 4) is 17.2 Å². The van der Waals surface area contributed by atoms with Crippen LogP contribution in [0.1, 0.15) is 82.1 Å². The van der Waals surface area contributed by atoms with Gasteiger partial charge in [0.2, 0.25) is 17.2 Å². The lowest BCUT2D eigenvalue weighted by Gasteiger charge is -2.44. The summed E-state index contributed by atoms with van der Waals surface area (Å²) >= 11 is 0. The number of phenols is 2. The van der Waals surface area contributed by atoms with Crippen molar-refractivity contribution >= 4 is 39.6 Å². The standard InChI is InChI=1S/C50H59N3O13/c1-4-37-33-13-17-51-36(33)24-53(37)42-44-29(19-35-39(57)18-27(2)64-45(35)42)20-41(48(3,65-44)16-12-30-23-52-47(61)49(30)14-6-5-7-15-49)66-63-26-50(62,46(60)43(59)40(58)25-54)22-28-8-11-38(56)32-10-9-31(55)21-34(28)32/h8-11,13,17-19,21,24,30,37,40-41,43,46,54-56,58-60,62H,4-7,12,14-16,20,22-23,25-26H2,1-3H3,(H,52,61)/p+1/t30-,37?,40-,41-,43-,46+,48-,50+/m1/s1. The van der Waals surface area contributed by atoms with E-state index in [1.54, 1.807) is 19.2 Å². The molecule has 1 amide bonds. The van der Waals surface area contributed by atoms with Gasteiger partial charge < -0.3 is 50.2 Å². The van der Waals surface area contributed by atoms with Gasteiger partial charge >= 0.3 is 0 Å². The Balaban J connectivity index is 1.10. The smallest absolute Gasteiger partial charge is 0.226 e. The maximum absolute atomic E-state index is 13.8. The predicted octanol–water partition coefficient (Wildman–Crippen LogP) is 3.36. The molecule has 66 heavy (non-hydrogen) atoms. The predicted molar refractivity (Wildman–Crippen MR) is 242 cm³/mol. The summed E-state index contributed by atoms with van der Waals surface area (Å²) in [5.41, 5.74) is -0.344. The maximum atomic E-state index is 13.8. The van der Waals surface area contributed by atoms with E-state index in [9.17, 15) is 45.3 Å². The van der Waals surface area contributed by atoms with Crippen LogP contribution in [0.2, 0.25) is 0 Å². The number of carbonyl (C=O) groups is 1. The Morgan fingerprint density at radius 3 is 2.58 bits per heavy atom. The molecule has 4 aliphatic heterocycles. The summed E-state index contributed by atoms with van der Waals surface area (Å²) in [4.78, 5) is 45.1.